The number of aromatic nitrogens is 3. The Labute approximate surface area is 91.1 Å². The molecule has 1 heterocycles. The first-order valence-corrected chi connectivity index (χ1v) is 5.35. The second-order valence-corrected chi connectivity index (χ2v) is 3.25. The van der Waals surface area contributed by atoms with Gasteiger partial charge in [0.15, 0.2) is 0 Å². The molecule has 0 aliphatic rings. The second kappa shape index (κ2) is 7.02. The van der Waals surface area contributed by atoms with Crippen LogP contribution in [0.3, 0.4) is 0 Å². The van der Waals surface area contributed by atoms with Gasteiger partial charge < -0.3 is 5.32 Å². The minimum Gasteiger partial charge on any atom is -0.309 e. The molecule has 0 saturated heterocycles. The maximum absolute atomic E-state index is 4.21. The fourth-order valence-corrected chi connectivity index (χ4v) is 1.30. The highest BCUT2D eigenvalue weighted by molar-refractivity contribution is 4.95. The molecule has 1 N–H and O–H groups in total. The smallest absolute Gasteiger partial charge is 0.140 e. The van der Waals surface area contributed by atoms with Gasteiger partial charge in [-0.3, -0.25) is 0 Å². The van der Waals surface area contributed by atoms with Crippen LogP contribution in [-0.4, -0.2) is 21.3 Å². The summed E-state index contributed by atoms with van der Waals surface area (Å²) in [6, 6.07) is 0. The summed E-state index contributed by atoms with van der Waals surface area (Å²) in [4.78, 5) is 4.21. The number of nitrogens with one attached hydrogen (secondary N) is 1. The predicted molar refractivity (Wildman–Crippen MR) is 60.1 cm³/mol. The molecule has 0 aromatic carbocycles. The van der Waals surface area contributed by atoms with E-state index in [0.29, 0.717) is 0 Å². The van der Waals surface area contributed by atoms with Gasteiger partial charge in [-0.1, -0.05) is 6.92 Å². The Kier molecular flexibility index (Phi) is 5.49. The molecule has 82 valence electrons. The Bertz CT molecular complexity index is 332. The summed E-state index contributed by atoms with van der Waals surface area (Å²) in [6.45, 7) is 6.60. The molecule has 0 spiro atoms. The lowest BCUT2D eigenvalue weighted by molar-refractivity contribution is 0.545. The van der Waals surface area contributed by atoms with Crippen molar-refractivity contribution in [2.24, 2.45) is 0 Å². The Hall–Kier alpha value is -1.34. The molecular weight excluding hydrogens is 188 g/mol. The molecule has 0 unspecified atom stereocenters. The standard InChI is InChI=1S/C11H18N4/c1-3-5-6-7-12-9-11-13-10-14-15(11)8-4-2/h10,12H,4,6-9H2,1-2H3. The van der Waals surface area contributed by atoms with Crippen LogP contribution in [0, 0.1) is 11.8 Å². The van der Waals surface area contributed by atoms with Crippen LogP contribution in [0.4, 0.5) is 0 Å². The molecule has 0 bridgehead atoms. The van der Waals surface area contributed by atoms with Crippen molar-refractivity contribution in [2.75, 3.05) is 6.54 Å². The lowest BCUT2D eigenvalue weighted by atomic mass is 10.4. The van der Waals surface area contributed by atoms with E-state index in [2.05, 4.69) is 34.2 Å². The maximum atomic E-state index is 4.21. The molecule has 0 saturated carbocycles. The fraction of sp³-hybridized carbons (Fsp3) is 0.636. The minimum atomic E-state index is 0.769. The minimum absolute atomic E-state index is 0.769. The van der Waals surface area contributed by atoms with Gasteiger partial charge in [0.25, 0.3) is 0 Å². The van der Waals surface area contributed by atoms with E-state index in [1.165, 1.54) is 0 Å². The zero-order valence-electron chi connectivity index (χ0n) is 9.45. The van der Waals surface area contributed by atoms with Gasteiger partial charge in [0.2, 0.25) is 0 Å². The molecule has 1 aromatic heterocycles. The van der Waals surface area contributed by atoms with Crippen LogP contribution < -0.4 is 5.32 Å². The Balaban J connectivity index is 2.29. The topological polar surface area (TPSA) is 42.7 Å². The quantitative estimate of drug-likeness (QED) is 0.561. The summed E-state index contributed by atoms with van der Waals surface area (Å²) < 4.78 is 1.94. The first-order chi connectivity index (χ1) is 7.38. The lowest BCUT2D eigenvalue weighted by Crippen LogP contribution is -2.18. The van der Waals surface area contributed by atoms with E-state index >= 15 is 0 Å². The molecule has 4 heteroatoms. The highest BCUT2D eigenvalue weighted by atomic mass is 15.3. The van der Waals surface area contributed by atoms with Gasteiger partial charge in [-0.2, -0.15) is 5.10 Å². The van der Waals surface area contributed by atoms with Crippen molar-refractivity contribution in [2.45, 2.75) is 39.8 Å². The van der Waals surface area contributed by atoms with Crippen LogP contribution in [-0.2, 0) is 13.1 Å². The Morgan fingerprint density at radius 2 is 2.40 bits per heavy atom. The summed E-state index contributed by atoms with van der Waals surface area (Å²) in [6.07, 6.45) is 3.58. The van der Waals surface area contributed by atoms with Gasteiger partial charge in [0, 0.05) is 19.5 Å². The second-order valence-electron chi connectivity index (χ2n) is 3.25. The summed E-state index contributed by atoms with van der Waals surface area (Å²) in [5.74, 6) is 6.88. The third-order valence-electron chi connectivity index (χ3n) is 2.02. The van der Waals surface area contributed by atoms with Crippen molar-refractivity contribution in [3.63, 3.8) is 0 Å². The molecule has 0 radical (unpaired) electrons. The molecule has 15 heavy (non-hydrogen) atoms. The van der Waals surface area contributed by atoms with Gasteiger partial charge in [-0.15, -0.1) is 11.8 Å². The van der Waals surface area contributed by atoms with Gasteiger partial charge in [0.1, 0.15) is 12.2 Å². The van der Waals surface area contributed by atoms with E-state index < -0.39 is 0 Å². The van der Waals surface area contributed by atoms with E-state index in [0.717, 1.165) is 38.3 Å². The average Bonchev–Trinajstić information content (AvgIpc) is 2.66. The number of aryl methyl sites for hydroxylation is 1. The monoisotopic (exact) mass is 206 g/mol. The van der Waals surface area contributed by atoms with Gasteiger partial charge in [0.05, 0.1) is 6.54 Å². The van der Waals surface area contributed by atoms with Crippen molar-refractivity contribution in [3.05, 3.63) is 12.2 Å². The normalized spacial score (nSPS) is 9.73. The largest absolute Gasteiger partial charge is 0.309 e. The third-order valence-corrected chi connectivity index (χ3v) is 2.02. The Morgan fingerprint density at radius 1 is 1.53 bits per heavy atom. The number of hydrogen-bond donors (Lipinski definition) is 1. The lowest BCUT2D eigenvalue weighted by Gasteiger charge is -2.04. The van der Waals surface area contributed by atoms with E-state index in [9.17, 15) is 0 Å². The van der Waals surface area contributed by atoms with Gasteiger partial charge in [-0.25, -0.2) is 9.67 Å². The molecule has 0 fully saturated rings. The Morgan fingerprint density at radius 3 is 3.13 bits per heavy atom. The molecule has 0 amide bonds. The molecule has 1 aromatic rings. The summed E-state index contributed by atoms with van der Waals surface area (Å²) in [7, 11) is 0. The highest BCUT2D eigenvalue weighted by Gasteiger charge is 2.01. The zero-order valence-corrected chi connectivity index (χ0v) is 9.45. The van der Waals surface area contributed by atoms with Crippen LogP contribution in [0.2, 0.25) is 0 Å². The molecule has 0 aliphatic heterocycles. The first kappa shape index (κ1) is 11.7. The first-order valence-electron chi connectivity index (χ1n) is 5.35. The van der Waals surface area contributed by atoms with E-state index in [1.54, 1.807) is 6.33 Å². The number of nitrogens with zero attached hydrogens (tertiary/aromatic N) is 3. The van der Waals surface area contributed by atoms with Crippen molar-refractivity contribution in [1.82, 2.24) is 20.1 Å². The van der Waals surface area contributed by atoms with Crippen LogP contribution in [0.1, 0.15) is 32.5 Å². The molecule has 4 nitrogen and oxygen atoms in total. The van der Waals surface area contributed by atoms with E-state index in [1.807, 2.05) is 11.6 Å². The number of hydrogen-bond acceptors (Lipinski definition) is 3. The SMILES string of the molecule is CC#CCCNCc1ncnn1CCC. The number of rotatable bonds is 6. The summed E-state index contributed by atoms with van der Waals surface area (Å²) >= 11 is 0. The maximum Gasteiger partial charge on any atom is 0.140 e. The predicted octanol–water partition coefficient (Wildman–Crippen LogP) is 1.19. The zero-order chi connectivity index (χ0) is 10.9. The third kappa shape index (κ3) is 4.13. The van der Waals surface area contributed by atoms with Crippen LogP contribution in [0.25, 0.3) is 0 Å². The highest BCUT2D eigenvalue weighted by Crippen LogP contribution is 1.95. The van der Waals surface area contributed by atoms with Crippen LogP contribution in [0.5, 0.6) is 0 Å². The van der Waals surface area contributed by atoms with Gasteiger partial charge in [-0.05, 0) is 13.3 Å². The molecule has 1 rings (SSSR count). The van der Waals surface area contributed by atoms with E-state index in [-0.39, 0.29) is 0 Å². The molecule has 0 atom stereocenters. The summed E-state index contributed by atoms with van der Waals surface area (Å²) in [5, 5.41) is 7.45. The van der Waals surface area contributed by atoms with Crippen molar-refractivity contribution in [3.8, 4) is 11.8 Å². The van der Waals surface area contributed by atoms with Crippen molar-refractivity contribution >= 4 is 0 Å². The van der Waals surface area contributed by atoms with Crippen LogP contribution in [0.15, 0.2) is 6.33 Å². The fourth-order valence-electron chi connectivity index (χ4n) is 1.30. The summed E-state index contributed by atoms with van der Waals surface area (Å²) in [5.41, 5.74) is 0. The molecular formula is C11H18N4. The van der Waals surface area contributed by atoms with Crippen LogP contribution >= 0.6 is 0 Å². The van der Waals surface area contributed by atoms with Crippen molar-refractivity contribution < 1.29 is 0 Å². The van der Waals surface area contributed by atoms with E-state index in [4.69, 9.17) is 0 Å². The van der Waals surface area contributed by atoms with Gasteiger partial charge >= 0.3 is 0 Å². The average molecular weight is 206 g/mol. The molecule has 0 aliphatic carbocycles. The van der Waals surface area contributed by atoms with Crippen molar-refractivity contribution in [1.29, 1.82) is 0 Å².